The van der Waals surface area contributed by atoms with Crippen molar-refractivity contribution in [3.63, 3.8) is 0 Å². The van der Waals surface area contributed by atoms with E-state index < -0.39 is 12.2 Å². The second kappa shape index (κ2) is 19.5. The van der Waals surface area contributed by atoms with Gasteiger partial charge in [0.2, 0.25) is 0 Å². The third kappa shape index (κ3) is 11.4. The van der Waals surface area contributed by atoms with E-state index in [0.29, 0.717) is 11.1 Å². The molecular weight excluding hydrogens is 520 g/mol. The molecule has 0 heterocycles. The van der Waals surface area contributed by atoms with Gasteiger partial charge in [-0.1, -0.05) is 71.8 Å². The van der Waals surface area contributed by atoms with Crippen molar-refractivity contribution in [2.45, 2.75) is 12.2 Å². The number of rotatable bonds is 7. The fraction of sp³-hybridized carbons (Fsp3) is 0.188. The fourth-order valence-corrected chi connectivity index (χ4v) is 3.45. The maximum Gasteiger partial charge on any atom is 4.00 e. The Morgan fingerprint density at radius 3 is 1.10 bits per heavy atom. The normalized spacial score (nSPS) is 10.9. The van der Waals surface area contributed by atoms with Gasteiger partial charge in [-0.3, -0.25) is 0 Å². The molecule has 0 saturated heterocycles. The van der Waals surface area contributed by atoms with E-state index in [4.69, 9.17) is 0 Å². The molecule has 0 aliphatic carbocycles. The van der Waals surface area contributed by atoms with E-state index in [-0.39, 0.29) is 21.7 Å². The molecule has 6 nitrogen and oxygen atoms in total. The van der Waals surface area contributed by atoms with Crippen molar-refractivity contribution in [2.75, 3.05) is 28.2 Å². The van der Waals surface area contributed by atoms with Crippen molar-refractivity contribution >= 4 is 22.7 Å². The van der Waals surface area contributed by atoms with E-state index in [1.165, 1.54) is 0 Å². The molecule has 7 heteroatoms. The van der Waals surface area contributed by atoms with Crippen LogP contribution in [0.25, 0.3) is 21.3 Å². The largest absolute Gasteiger partial charge is 4.00 e. The summed E-state index contributed by atoms with van der Waals surface area (Å²) in [7, 11) is 7.07. The summed E-state index contributed by atoms with van der Waals surface area (Å²) >= 11 is 0. The number of hydrogen-bond acceptors (Lipinski definition) is 2. The van der Waals surface area contributed by atoms with Crippen LogP contribution in [0.15, 0.2) is 121 Å². The Hall–Kier alpha value is -3.55. The van der Waals surface area contributed by atoms with Gasteiger partial charge in [0.05, 0.1) is 0 Å². The predicted octanol–water partition coefficient (Wildman–Crippen LogP) is 7.66. The van der Waals surface area contributed by atoms with Crippen LogP contribution in [-0.4, -0.2) is 28.2 Å². The van der Waals surface area contributed by atoms with E-state index in [2.05, 4.69) is 21.3 Å². The molecule has 0 radical (unpaired) electrons. The second-order valence-corrected chi connectivity index (χ2v) is 7.92. The molecule has 198 valence electrons. The quantitative estimate of drug-likeness (QED) is 0.173. The molecule has 0 aliphatic rings. The molecule has 39 heavy (non-hydrogen) atoms. The molecule has 0 fully saturated rings. The Bertz CT molecular complexity index is 1070. The molecule has 2 atom stereocenters. The van der Waals surface area contributed by atoms with E-state index in [1.807, 2.05) is 72.8 Å². The number of nitrogens with zero attached hydrogens (tertiary/aromatic N) is 4. The zero-order valence-corrected chi connectivity index (χ0v) is 24.4. The third-order valence-corrected chi connectivity index (χ3v) is 5.48. The van der Waals surface area contributed by atoms with Crippen molar-refractivity contribution < 1.29 is 31.9 Å². The average Bonchev–Trinajstić information content (AvgIpc) is 3.37. The summed E-state index contributed by atoms with van der Waals surface area (Å²) < 4.78 is 0. The molecule has 0 unspecified atom stereocenters. The van der Waals surface area contributed by atoms with Crippen LogP contribution >= 0.6 is 0 Å². The standard InChI is InChI=1S/C14H12O2.2C9H11N2.Ti/c15-13(11-7-3-1-4-8-11)14(16)12-9-5-2-6-10-12;2*1-10-8-6-4-3-5-7-9(8)11-2;/h1-10,13-14H;2*3-7H,1-2H3;/q-2;2*-1;+4/t13-,14-;;;/m0.../s1. The number of hydrogen-bond donors (Lipinski definition) is 0. The molecule has 4 rings (SSSR count). The van der Waals surface area contributed by atoms with E-state index in [0.717, 1.165) is 22.7 Å². The molecule has 0 saturated carbocycles. The molecule has 4 aromatic rings. The minimum absolute atomic E-state index is 0. The minimum Gasteiger partial charge on any atom is -0.849 e. The fourth-order valence-electron chi connectivity index (χ4n) is 3.45. The zero-order valence-electron chi connectivity index (χ0n) is 22.8. The molecule has 0 bridgehead atoms. The summed E-state index contributed by atoms with van der Waals surface area (Å²) in [4.78, 5) is 0. The minimum atomic E-state index is -1.25. The summed E-state index contributed by atoms with van der Waals surface area (Å²) in [6.45, 7) is 0. The Morgan fingerprint density at radius 2 is 0.795 bits per heavy atom. The number of benzene rings is 2. The van der Waals surface area contributed by atoms with Crippen molar-refractivity contribution in [1.29, 1.82) is 0 Å². The molecule has 0 N–H and O–H groups in total. The first-order valence-electron chi connectivity index (χ1n) is 12.2. The van der Waals surface area contributed by atoms with Crippen molar-refractivity contribution in [1.82, 2.24) is 0 Å². The van der Waals surface area contributed by atoms with Gasteiger partial charge in [0, 0.05) is 60.7 Å². The molecular formula is C32H34N4O2Ti. The molecule has 0 aliphatic heterocycles. The summed E-state index contributed by atoms with van der Waals surface area (Å²) in [5, 5.41) is 40.2. The van der Waals surface area contributed by atoms with Gasteiger partial charge >= 0.3 is 21.7 Å². The molecule has 0 amide bonds. The van der Waals surface area contributed by atoms with Gasteiger partial charge < -0.3 is 31.5 Å². The van der Waals surface area contributed by atoms with Crippen molar-refractivity contribution in [2.24, 2.45) is 0 Å². The van der Waals surface area contributed by atoms with Gasteiger partial charge in [-0.15, -0.1) is 40.4 Å². The Labute approximate surface area is 248 Å². The summed E-state index contributed by atoms with van der Waals surface area (Å²) in [6.07, 6.45) is -2.49. The zero-order chi connectivity index (χ0) is 27.6. The Balaban J connectivity index is 0.000000297. The summed E-state index contributed by atoms with van der Waals surface area (Å²) in [5.74, 6) is 0. The van der Waals surface area contributed by atoms with E-state index >= 15 is 0 Å². The SMILES string of the molecule is C[N-]c1ccccc[c+]1[N-]C.C[N-]c1ccccc[c+]1[N-]C.[O-][C@@H](c1ccccc1)[C@@H]([O-])c1ccccc1.[Ti+4]. The predicted molar refractivity (Wildman–Crippen MR) is 156 cm³/mol. The smallest absolute Gasteiger partial charge is 0.849 e. The first-order valence-corrected chi connectivity index (χ1v) is 12.2. The van der Waals surface area contributed by atoms with Crippen LogP contribution in [0.3, 0.4) is 0 Å². The van der Waals surface area contributed by atoms with E-state index in [9.17, 15) is 10.2 Å². The van der Waals surface area contributed by atoms with Gasteiger partial charge in [0.1, 0.15) is 0 Å². The van der Waals surface area contributed by atoms with Crippen LogP contribution in [0.5, 0.6) is 0 Å². The summed E-state index contributed by atoms with van der Waals surface area (Å²) in [6, 6.07) is 37.1. The Morgan fingerprint density at radius 1 is 0.487 bits per heavy atom. The van der Waals surface area contributed by atoms with Crippen LogP contribution in [0, 0.1) is 0 Å². The monoisotopic (exact) mass is 554 g/mol. The second-order valence-electron chi connectivity index (χ2n) is 7.92. The molecule has 0 spiro atoms. The maximum atomic E-state index is 11.9. The average molecular weight is 555 g/mol. The summed E-state index contributed by atoms with van der Waals surface area (Å²) in [5.41, 5.74) is 4.81. The first kappa shape index (κ1) is 33.5. The van der Waals surface area contributed by atoms with Crippen LogP contribution in [0.2, 0.25) is 0 Å². The van der Waals surface area contributed by atoms with Crippen LogP contribution in [-0.2, 0) is 21.7 Å². The van der Waals surface area contributed by atoms with Crippen LogP contribution < -0.4 is 10.2 Å². The van der Waals surface area contributed by atoms with Crippen LogP contribution in [0.1, 0.15) is 23.3 Å². The third-order valence-electron chi connectivity index (χ3n) is 5.48. The van der Waals surface area contributed by atoms with Gasteiger partial charge in [0.25, 0.3) is 0 Å². The van der Waals surface area contributed by atoms with Gasteiger partial charge in [0.15, 0.2) is 0 Å². The van der Waals surface area contributed by atoms with E-state index in [1.54, 1.807) is 76.7 Å². The van der Waals surface area contributed by atoms with Crippen molar-refractivity contribution in [3.05, 3.63) is 154 Å². The first-order chi connectivity index (χ1) is 18.5. The van der Waals surface area contributed by atoms with Gasteiger partial charge in [-0.2, -0.15) is 0 Å². The van der Waals surface area contributed by atoms with Crippen LogP contribution in [0.4, 0.5) is 22.7 Å². The van der Waals surface area contributed by atoms with Crippen molar-refractivity contribution in [3.8, 4) is 0 Å². The van der Waals surface area contributed by atoms with Gasteiger partial charge in [-0.05, 0) is 22.7 Å². The Kier molecular flexibility index (Phi) is 16.8. The molecule has 4 aromatic carbocycles. The van der Waals surface area contributed by atoms with Gasteiger partial charge in [-0.25, -0.2) is 0 Å². The maximum absolute atomic E-state index is 11.9. The topological polar surface area (TPSA) is 103 Å². The molecule has 0 aromatic heterocycles.